The number of benzene rings is 2. The van der Waals surface area contributed by atoms with Crippen LogP contribution in [0.1, 0.15) is 5.56 Å². The third-order valence-corrected chi connectivity index (χ3v) is 4.80. The molecule has 2 rings (SSSR count). The van der Waals surface area contributed by atoms with E-state index in [4.69, 9.17) is 21.6 Å². The molecule has 26 heavy (non-hydrogen) atoms. The number of nitriles is 1. The lowest BCUT2D eigenvalue weighted by atomic mass is 10.2. The molecule has 0 bridgehead atoms. The van der Waals surface area contributed by atoms with E-state index in [2.05, 4.69) is 0 Å². The summed E-state index contributed by atoms with van der Waals surface area (Å²) in [5.41, 5.74) is -6.43. The number of hydrogen-bond donors (Lipinski definition) is 0. The molecule has 0 aliphatic rings. The number of nitrogens with zero attached hydrogens (tertiary/aromatic N) is 2. The number of hydrogen-bond acceptors (Lipinski definition) is 6. The zero-order valence-corrected chi connectivity index (χ0v) is 13.9. The Hall–Kier alpha value is -2.84. The van der Waals surface area contributed by atoms with Gasteiger partial charge in [-0.15, -0.1) is 0 Å². The lowest BCUT2D eigenvalue weighted by Gasteiger charge is -2.11. The molecule has 0 aliphatic heterocycles. The van der Waals surface area contributed by atoms with Gasteiger partial charge in [-0.2, -0.15) is 18.4 Å². The van der Waals surface area contributed by atoms with Crippen molar-refractivity contribution in [3.8, 4) is 17.6 Å². The van der Waals surface area contributed by atoms with Gasteiger partial charge >= 0.3 is 11.2 Å². The molecule has 2 aromatic rings. The van der Waals surface area contributed by atoms with Crippen molar-refractivity contribution in [2.24, 2.45) is 0 Å². The molecule has 0 fully saturated rings. The average molecular weight is 407 g/mol. The maximum atomic E-state index is 12.6. The zero-order chi connectivity index (χ0) is 19.7. The highest BCUT2D eigenvalue weighted by Gasteiger charge is 2.47. The summed E-state index contributed by atoms with van der Waals surface area (Å²) >= 11 is 5.86. The van der Waals surface area contributed by atoms with Gasteiger partial charge in [-0.3, -0.25) is 10.1 Å². The van der Waals surface area contributed by atoms with Crippen LogP contribution in [0.4, 0.5) is 18.9 Å². The second-order valence-electron chi connectivity index (χ2n) is 4.69. The number of sulfone groups is 1. The van der Waals surface area contributed by atoms with Crippen molar-refractivity contribution in [1.29, 1.82) is 5.26 Å². The summed E-state index contributed by atoms with van der Waals surface area (Å²) in [5, 5.41) is 19.8. The van der Waals surface area contributed by atoms with Gasteiger partial charge in [0, 0.05) is 6.07 Å². The van der Waals surface area contributed by atoms with Gasteiger partial charge in [0.05, 0.1) is 26.5 Å². The van der Waals surface area contributed by atoms with Crippen LogP contribution in [0.3, 0.4) is 0 Å². The predicted octanol–water partition coefficient (Wildman–Crippen LogP) is 4.21. The first-order chi connectivity index (χ1) is 12.0. The van der Waals surface area contributed by atoms with Crippen molar-refractivity contribution in [3.05, 3.63) is 57.1 Å². The number of ether oxygens (including phenoxy) is 1. The fourth-order valence-electron chi connectivity index (χ4n) is 1.80. The fraction of sp³-hybridized carbons (Fsp3) is 0.0714. The van der Waals surface area contributed by atoms with Gasteiger partial charge in [-0.1, -0.05) is 11.6 Å². The van der Waals surface area contributed by atoms with E-state index in [1.807, 2.05) is 0 Å². The quantitative estimate of drug-likeness (QED) is 0.555. The maximum Gasteiger partial charge on any atom is 0.501 e. The Morgan fingerprint density at radius 1 is 1.15 bits per heavy atom. The van der Waals surface area contributed by atoms with Crippen molar-refractivity contribution in [2.45, 2.75) is 10.4 Å². The highest BCUT2D eigenvalue weighted by atomic mass is 35.5. The number of rotatable bonds is 4. The van der Waals surface area contributed by atoms with E-state index >= 15 is 0 Å². The average Bonchev–Trinajstić information content (AvgIpc) is 2.55. The number of halogens is 4. The highest BCUT2D eigenvalue weighted by molar-refractivity contribution is 7.92. The van der Waals surface area contributed by atoms with Crippen LogP contribution in [-0.4, -0.2) is 18.8 Å². The Kier molecular flexibility index (Phi) is 5.11. The van der Waals surface area contributed by atoms with Gasteiger partial charge in [0.2, 0.25) is 5.75 Å². The van der Waals surface area contributed by atoms with Crippen LogP contribution >= 0.6 is 11.6 Å². The molecule has 0 aromatic heterocycles. The molecular formula is C14H6ClF3N2O5S. The SMILES string of the molecule is N#Cc1ccc(Oc2ccc(S(=O)(=O)C(F)(F)F)cc2[N+](=O)[O-])c(Cl)c1. The van der Waals surface area contributed by atoms with Gasteiger partial charge in [0.1, 0.15) is 5.75 Å². The van der Waals surface area contributed by atoms with Gasteiger partial charge < -0.3 is 4.74 Å². The Balaban J connectivity index is 2.52. The van der Waals surface area contributed by atoms with Crippen molar-refractivity contribution >= 4 is 27.1 Å². The monoisotopic (exact) mass is 406 g/mol. The summed E-state index contributed by atoms with van der Waals surface area (Å²) in [6, 6.07) is 7.04. The van der Waals surface area contributed by atoms with E-state index in [0.717, 1.165) is 0 Å². The summed E-state index contributed by atoms with van der Waals surface area (Å²) in [7, 11) is -5.76. The second-order valence-corrected chi connectivity index (χ2v) is 7.04. The number of nitro benzene ring substituents is 1. The molecule has 12 heteroatoms. The molecule has 0 atom stereocenters. The summed E-state index contributed by atoms with van der Waals surface area (Å²) in [4.78, 5) is 8.71. The van der Waals surface area contributed by atoms with Crippen molar-refractivity contribution in [2.75, 3.05) is 0 Å². The largest absolute Gasteiger partial charge is 0.501 e. The van der Waals surface area contributed by atoms with Crippen LogP contribution in [0.15, 0.2) is 41.3 Å². The van der Waals surface area contributed by atoms with E-state index < -0.39 is 36.6 Å². The third kappa shape index (κ3) is 3.71. The lowest BCUT2D eigenvalue weighted by Crippen LogP contribution is -2.23. The van der Waals surface area contributed by atoms with E-state index in [1.54, 1.807) is 6.07 Å². The maximum absolute atomic E-state index is 12.6. The lowest BCUT2D eigenvalue weighted by molar-refractivity contribution is -0.385. The minimum Gasteiger partial charge on any atom is -0.449 e. The molecule has 7 nitrogen and oxygen atoms in total. The first kappa shape index (κ1) is 19.5. The van der Waals surface area contributed by atoms with Crippen LogP contribution in [0.5, 0.6) is 11.5 Å². The minimum atomic E-state index is -5.76. The Bertz CT molecular complexity index is 1030. The van der Waals surface area contributed by atoms with Crippen LogP contribution in [0, 0.1) is 21.4 Å². The molecule has 0 spiro atoms. The fourth-order valence-corrected chi connectivity index (χ4v) is 2.80. The van der Waals surface area contributed by atoms with Crippen molar-refractivity contribution < 1.29 is 31.2 Å². The zero-order valence-electron chi connectivity index (χ0n) is 12.3. The molecular weight excluding hydrogens is 401 g/mol. The topological polar surface area (TPSA) is 110 Å². The number of alkyl halides is 3. The summed E-state index contributed by atoms with van der Waals surface area (Å²) < 4.78 is 65.7. The summed E-state index contributed by atoms with van der Waals surface area (Å²) in [5.74, 6) is -0.636. The minimum absolute atomic E-state index is 0.0784. The molecule has 0 radical (unpaired) electrons. The molecule has 0 heterocycles. The summed E-state index contributed by atoms with van der Waals surface area (Å²) in [6.07, 6.45) is 0. The molecule has 2 aromatic carbocycles. The second kappa shape index (κ2) is 6.81. The molecule has 136 valence electrons. The molecule has 0 saturated carbocycles. The van der Waals surface area contributed by atoms with Crippen LogP contribution in [0.2, 0.25) is 5.02 Å². The first-order valence-corrected chi connectivity index (χ1v) is 8.31. The van der Waals surface area contributed by atoms with E-state index in [0.29, 0.717) is 12.1 Å². The van der Waals surface area contributed by atoms with Gasteiger partial charge in [0.15, 0.2) is 0 Å². The predicted molar refractivity (Wildman–Crippen MR) is 82.6 cm³/mol. The summed E-state index contributed by atoms with van der Waals surface area (Å²) in [6.45, 7) is 0. The molecule has 0 unspecified atom stereocenters. The molecule has 0 aliphatic carbocycles. The van der Waals surface area contributed by atoms with E-state index in [-0.39, 0.29) is 22.4 Å². The van der Waals surface area contributed by atoms with Crippen LogP contribution in [0.25, 0.3) is 0 Å². The van der Waals surface area contributed by atoms with Crippen LogP contribution < -0.4 is 4.74 Å². The van der Waals surface area contributed by atoms with Crippen LogP contribution in [-0.2, 0) is 9.84 Å². The Morgan fingerprint density at radius 3 is 2.27 bits per heavy atom. The van der Waals surface area contributed by atoms with Gasteiger partial charge in [0.25, 0.3) is 9.84 Å². The standard InChI is InChI=1S/C14H6ClF3N2O5S/c15-10-5-8(7-19)1-3-12(10)25-13-4-2-9(6-11(13)20(21)22)26(23,24)14(16,17)18/h1-6H. The van der Waals surface area contributed by atoms with Crippen molar-refractivity contribution in [1.82, 2.24) is 0 Å². The van der Waals surface area contributed by atoms with Gasteiger partial charge in [-0.05, 0) is 30.3 Å². The molecule has 0 amide bonds. The van der Waals surface area contributed by atoms with Crippen molar-refractivity contribution in [3.63, 3.8) is 0 Å². The van der Waals surface area contributed by atoms with Gasteiger partial charge in [-0.25, -0.2) is 8.42 Å². The first-order valence-electron chi connectivity index (χ1n) is 6.44. The van der Waals surface area contributed by atoms with E-state index in [1.165, 1.54) is 18.2 Å². The smallest absolute Gasteiger partial charge is 0.449 e. The molecule has 0 saturated heterocycles. The third-order valence-electron chi connectivity index (χ3n) is 3.02. The highest BCUT2D eigenvalue weighted by Crippen LogP contribution is 2.39. The normalized spacial score (nSPS) is 11.7. The van der Waals surface area contributed by atoms with E-state index in [9.17, 15) is 31.7 Å². The Labute approximate surface area is 149 Å². The molecule has 0 N–H and O–H groups in total. The Morgan fingerprint density at radius 2 is 1.77 bits per heavy atom. The number of nitro groups is 1.